The number of thiophene rings is 1. The van der Waals surface area contributed by atoms with Crippen molar-refractivity contribution in [3.8, 4) is 0 Å². The van der Waals surface area contributed by atoms with E-state index in [9.17, 15) is 15.3 Å². The van der Waals surface area contributed by atoms with E-state index in [1.807, 2.05) is 0 Å². The minimum Gasteiger partial charge on any atom is -0.387 e. The molecule has 1 saturated carbocycles. The average molecular weight is 401 g/mol. The maximum absolute atomic E-state index is 10.5. The first-order valence-corrected chi connectivity index (χ1v) is 10.9. The van der Waals surface area contributed by atoms with Gasteiger partial charge in [-0.3, -0.25) is 0 Å². The molecule has 28 heavy (non-hydrogen) atoms. The first-order valence-electron chi connectivity index (χ1n) is 10.0. The molecule has 0 radical (unpaired) electrons. The van der Waals surface area contributed by atoms with Gasteiger partial charge in [-0.2, -0.15) is 0 Å². The van der Waals surface area contributed by atoms with Gasteiger partial charge in [0.15, 0.2) is 0 Å². The van der Waals surface area contributed by atoms with Gasteiger partial charge in [0.25, 0.3) is 0 Å². The van der Waals surface area contributed by atoms with Crippen LogP contribution in [0.5, 0.6) is 0 Å². The lowest BCUT2D eigenvalue weighted by Gasteiger charge is -2.41. The van der Waals surface area contributed by atoms with Crippen molar-refractivity contribution in [2.75, 3.05) is 0 Å². The highest BCUT2D eigenvalue weighted by atomic mass is 32.1. The van der Waals surface area contributed by atoms with Crippen LogP contribution in [0.15, 0.2) is 48.1 Å². The van der Waals surface area contributed by atoms with Crippen molar-refractivity contribution in [2.24, 2.45) is 0 Å². The second kappa shape index (κ2) is 7.73. The summed E-state index contributed by atoms with van der Waals surface area (Å²) in [5, 5.41) is 32.2. The van der Waals surface area contributed by atoms with E-state index in [0.717, 1.165) is 35.9 Å². The number of rotatable bonds is 5. The van der Waals surface area contributed by atoms with Crippen molar-refractivity contribution in [2.45, 2.75) is 69.5 Å². The molecule has 4 rings (SSSR count). The lowest BCUT2D eigenvalue weighted by molar-refractivity contribution is -0.235. The van der Waals surface area contributed by atoms with Crippen LogP contribution in [0, 0.1) is 0 Å². The minimum atomic E-state index is -1.18. The molecule has 4 nitrogen and oxygen atoms in total. The van der Waals surface area contributed by atoms with Crippen LogP contribution in [-0.4, -0.2) is 39.2 Å². The van der Waals surface area contributed by atoms with E-state index in [1.165, 1.54) is 15.8 Å². The molecule has 1 spiro atoms. The van der Waals surface area contributed by atoms with Crippen molar-refractivity contribution >= 4 is 21.4 Å². The number of hydrogen-bond acceptors (Lipinski definition) is 5. The molecule has 2 fully saturated rings. The first-order chi connectivity index (χ1) is 13.5. The maximum atomic E-state index is 10.5. The van der Waals surface area contributed by atoms with Crippen LogP contribution >= 0.6 is 11.3 Å². The Bertz CT molecular complexity index is 908. The third-order valence-electron chi connectivity index (χ3n) is 5.89. The topological polar surface area (TPSA) is 69.9 Å². The Labute approximate surface area is 169 Å². The molecule has 1 aliphatic carbocycles. The molecule has 1 aliphatic heterocycles. The lowest BCUT2D eigenvalue weighted by atomic mass is 9.92. The summed E-state index contributed by atoms with van der Waals surface area (Å²) in [5.74, 6) is 0. The highest BCUT2D eigenvalue weighted by Crippen LogP contribution is 2.53. The molecule has 0 amide bonds. The Morgan fingerprint density at radius 3 is 2.71 bits per heavy atom. The van der Waals surface area contributed by atoms with Gasteiger partial charge in [0.05, 0.1) is 5.60 Å². The van der Waals surface area contributed by atoms with Crippen molar-refractivity contribution in [1.29, 1.82) is 0 Å². The van der Waals surface area contributed by atoms with Gasteiger partial charge in [-0.15, -0.1) is 11.3 Å². The Morgan fingerprint density at radius 1 is 1.25 bits per heavy atom. The van der Waals surface area contributed by atoms with Crippen LogP contribution in [-0.2, 0) is 11.2 Å². The zero-order valence-corrected chi connectivity index (χ0v) is 17.2. The number of benzene rings is 1. The van der Waals surface area contributed by atoms with Crippen molar-refractivity contribution in [1.82, 2.24) is 0 Å². The van der Waals surface area contributed by atoms with Crippen LogP contribution in [0.1, 0.15) is 49.7 Å². The predicted octanol–water partition coefficient (Wildman–Crippen LogP) is 4.04. The molecule has 2 heterocycles. The largest absolute Gasteiger partial charge is 0.387 e. The zero-order valence-electron chi connectivity index (χ0n) is 16.3. The van der Waals surface area contributed by atoms with Crippen LogP contribution in [0.3, 0.4) is 0 Å². The van der Waals surface area contributed by atoms with Crippen LogP contribution in [0.2, 0.25) is 0 Å². The number of aliphatic hydroxyl groups excluding tert-OH is 3. The third kappa shape index (κ3) is 3.46. The molecule has 4 atom stereocenters. The summed E-state index contributed by atoms with van der Waals surface area (Å²) >= 11 is 1.61. The molecular formula is C23H28O4S. The normalized spacial score (nSPS) is 29.8. The molecule has 2 aromatic rings. The molecule has 0 unspecified atom stereocenters. The zero-order chi connectivity index (χ0) is 19.9. The monoisotopic (exact) mass is 400 g/mol. The fourth-order valence-electron chi connectivity index (χ4n) is 4.00. The van der Waals surface area contributed by atoms with Gasteiger partial charge in [0.2, 0.25) is 0 Å². The fraction of sp³-hybridized carbons (Fsp3) is 0.478. The second-order valence-corrected chi connectivity index (χ2v) is 8.95. The molecular weight excluding hydrogens is 372 g/mol. The van der Waals surface area contributed by atoms with E-state index in [0.29, 0.717) is 0 Å². The third-order valence-corrected chi connectivity index (χ3v) is 7.17. The van der Waals surface area contributed by atoms with Gasteiger partial charge in [0.1, 0.15) is 24.4 Å². The minimum absolute atomic E-state index is 0.604. The molecule has 1 aromatic heterocycles. The van der Waals surface area contributed by atoms with Crippen LogP contribution in [0.25, 0.3) is 10.1 Å². The van der Waals surface area contributed by atoms with E-state index in [4.69, 9.17) is 4.74 Å². The first kappa shape index (κ1) is 19.8. The summed E-state index contributed by atoms with van der Waals surface area (Å²) in [5.41, 5.74) is 1.83. The van der Waals surface area contributed by atoms with Crippen LogP contribution < -0.4 is 0 Å². The van der Waals surface area contributed by atoms with E-state index in [-0.39, 0.29) is 0 Å². The molecule has 150 valence electrons. The summed E-state index contributed by atoms with van der Waals surface area (Å²) in [4.78, 5) is 0.901. The Kier molecular flexibility index (Phi) is 5.47. The van der Waals surface area contributed by atoms with Gasteiger partial charge in [0, 0.05) is 9.58 Å². The number of ether oxygens (including phenoxy) is 1. The highest BCUT2D eigenvalue weighted by Gasteiger charge is 2.60. The predicted molar refractivity (Wildman–Crippen MR) is 113 cm³/mol. The standard InChI is InChI=1S/C23H28O4S/c1-3-5-7-14(4-2)12-15-8-6-9-16-13-17(28-21(15)16)20-18(24)19(25)22(26)23(27-20)10-11-23/h4-9,13,18-20,22,24-26H,3,10-12H2,1-2H3/b7-5-,14-4+/t18-,19-,20+,22+/m1/s1. The van der Waals surface area contributed by atoms with Gasteiger partial charge in [-0.25, -0.2) is 0 Å². The number of hydrogen-bond donors (Lipinski definition) is 3. The molecule has 5 heteroatoms. The van der Waals surface area contributed by atoms with Crippen molar-refractivity contribution in [3.63, 3.8) is 0 Å². The molecule has 0 bridgehead atoms. The quantitative estimate of drug-likeness (QED) is 0.663. The molecule has 1 aromatic carbocycles. The lowest BCUT2D eigenvalue weighted by Crippen LogP contribution is -2.55. The molecule has 1 saturated heterocycles. The Morgan fingerprint density at radius 2 is 2.04 bits per heavy atom. The smallest absolute Gasteiger partial charge is 0.121 e. The van der Waals surface area contributed by atoms with E-state index in [1.54, 1.807) is 11.3 Å². The van der Waals surface area contributed by atoms with Crippen molar-refractivity contribution < 1.29 is 20.1 Å². The van der Waals surface area contributed by atoms with Crippen LogP contribution in [0.4, 0.5) is 0 Å². The summed E-state index contributed by atoms with van der Waals surface area (Å²) < 4.78 is 7.30. The molecule has 3 N–H and O–H groups in total. The van der Waals surface area contributed by atoms with Gasteiger partial charge in [-0.1, -0.05) is 43.4 Å². The van der Waals surface area contributed by atoms with E-state index in [2.05, 4.69) is 56.3 Å². The van der Waals surface area contributed by atoms with Gasteiger partial charge >= 0.3 is 0 Å². The highest BCUT2D eigenvalue weighted by molar-refractivity contribution is 7.19. The summed E-state index contributed by atoms with van der Waals surface area (Å²) in [6.45, 7) is 4.19. The van der Waals surface area contributed by atoms with E-state index < -0.39 is 30.0 Å². The number of aliphatic hydroxyl groups is 3. The summed E-state index contributed by atoms with van der Waals surface area (Å²) in [6, 6.07) is 8.33. The SMILES string of the molecule is C/C=C(\C=C/CC)Cc1cccc2cc([C@@H]3OC4(CC4)[C@@H](O)[C@H](O)[C@H]3O)sc12. The maximum Gasteiger partial charge on any atom is 0.121 e. The number of allylic oxidation sites excluding steroid dienone is 4. The number of fused-ring (bicyclic) bond motifs is 1. The molecule has 2 aliphatic rings. The second-order valence-electron chi connectivity index (χ2n) is 7.86. The fourth-order valence-corrected chi connectivity index (χ4v) is 5.24. The van der Waals surface area contributed by atoms with E-state index >= 15 is 0 Å². The Hall–Kier alpha value is -1.50. The Balaban J connectivity index is 1.66. The summed E-state index contributed by atoms with van der Waals surface area (Å²) in [7, 11) is 0. The van der Waals surface area contributed by atoms with Gasteiger partial charge < -0.3 is 20.1 Å². The van der Waals surface area contributed by atoms with Gasteiger partial charge in [-0.05, 0) is 55.2 Å². The van der Waals surface area contributed by atoms with Crippen molar-refractivity contribution in [3.05, 3.63) is 58.5 Å². The average Bonchev–Trinajstić information content (AvgIpc) is 3.35. The summed E-state index contributed by atoms with van der Waals surface area (Å²) in [6.07, 6.45) is 5.86.